The molecule has 0 radical (unpaired) electrons. The van der Waals surface area contributed by atoms with Crippen molar-refractivity contribution in [1.82, 2.24) is 5.32 Å². The zero-order chi connectivity index (χ0) is 23.0. The van der Waals surface area contributed by atoms with Crippen LogP contribution in [-0.4, -0.2) is 52.5 Å². The summed E-state index contributed by atoms with van der Waals surface area (Å²) in [5, 5.41) is 11.9. The summed E-state index contributed by atoms with van der Waals surface area (Å²) in [4.78, 5) is 35.9. The van der Waals surface area contributed by atoms with E-state index in [1.54, 1.807) is 20.8 Å². The van der Waals surface area contributed by atoms with Crippen LogP contribution in [-0.2, 0) is 19.0 Å². The third kappa shape index (κ3) is 9.66. The van der Waals surface area contributed by atoms with E-state index in [1.165, 1.54) is 6.42 Å². The molecule has 2 fully saturated rings. The van der Waals surface area contributed by atoms with E-state index in [9.17, 15) is 19.5 Å². The number of alkyl halides is 1. The Hall–Kier alpha value is -1.51. The van der Waals surface area contributed by atoms with Crippen molar-refractivity contribution in [3.63, 3.8) is 0 Å². The molecule has 0 aromatic rings. The summed E-state index contributed by atoms with van der Waals surface area (Å²) in [6, 6.07) is -1.00. The van der Waals surface area contributed by atoms with Crippen LogP contribution in [0.5, 0.6) is 0 Å². The number of amides is 1. The summed E-state index contributed by atoms with van der Waals surface area (Å²) in [6.07, 6.45) is 6.04. The molecule has 178 valence electrons. The third-order valence-corrected chi connectivity index (χ3v) is 7.05. The first-order chi connectivity index (χ1) is 14.5. The molecule has 3 atom stereocenters. The number of ether oxygens (including phenoxy) is 3. The lowest BCUT2D eigenvalue weighted by atomic mass is 9.83. The molecule has 2 saturated carbocycles. The highest BCUT2D eigenvalue weighted by molar-refractivity contribution is 9.09. The van der Waals surface area contributed by atoms with Gasteiger partial charge in [-0.1, -0.05) is 28.8 Å². The van der Waals surface area contributed by atoms with Crippen LogP contribution >= 0.6 is 15.9 Å². The van der Waals surface area contributed by atoms with E-state index < -0.39 is 29.9 Å². The first-order valence-corrected chi connectivity index (χ1v) is 12.1. The van der Waals surface area contributed by atoms with E-state index in [2.05, 4.69) is 21.2 Å². The topological polar surface area (TPSA) is 111 Å². The Labute approximate surface area is 192 Å². The van der Waals surface area contributed by atoms with E-state index >= 15 is 0 Å². The normalized spacial score (nSPS) is 27.6. The minimum Gasteiger partial charge on any atom is -0.480 e. The number of rotatable bonds is 7. The van der Waals surface area contributed by atoms with Gasteiger partial charge in [-0.05, 0) is 71.6 Å². The third-order valence-electron chi connectivity index (χ3n) is 5.85. The molecule has 0 spiro atoms. The number of alkyl carbamates (subject to hydrolysis) is 1. The van der Waals surface area contributed by atoms with E-state index in [0.29, 0.717) is 36.6 Å². The molecular weight excluding hydrogens is 470 g/mol. The number of carbonyl (C=O) groups is 3. The molecular formula is C22H36BrNO7. The first kappa shape index (κ1) is 25.7. The van der Waals surface area contributed by atoms with Gasteiger partial charge >= 0.3 is 18.2 Å². The average Bonchev–Trinajstić information content (AvgIpc) is 2.67. The monoisotopic (exact) mass is 505 g/mol. The summed E-state index contributed by atoms with van der Waals surface area (Å²) >= 11 is 3.66. The van der Waals surface area contributed by atoms with E-state index in [-0.39, 0.29) is 12.0 Å². The number of hydrogen-bond donors (Lipinski definition) is 2. The molecule has 0 heterocycles. The molecule has 2 aliphatic rings. The fourth-order valence-corrected chi connectivity index (χ4v) is 4.93. The maximum atomic E-state index is 12.0. The van der Waals surface area contributed by atoms with Crippen LogP contribution in [0.3, 0.4) is 0 Å². The van der Waals surface area contributed by atoms with Crippen molar-refractivity contribution >= 4 is 34.1 Å². The number of aliphatic carboxylic acids is 1. The van der Waals surface area contributed by atoms with Gasteiger partial charge in [-0.2, -0.15) is 0 Å². The Balaban J connectivity index is 1.69. The molecule has 31 heavy (non-hydrogen) atoms. The van der Waals surface area contributed by atoms with Gasteiger partial charge in [0.2, 0.25) is 0 Å². The molecule has 9 heteroatoms. The smallest absolute Gasteiger partial charge is 0.480 e. The maximum absolute atomic E-state index is 12.0. The molecule has 0 aromatic heterocycles. The second-order valence-corrected chi connectivity index (χ2v) is 10.8. The van der Waals surface area contributed by atoms with Crippen molar-refractivity contribution in [2.45, 2.75) is 101 Å². The molecule has 2 aliphatic carbocycles. The van der Waals surface area contributed by atoms with Gasteiger partial charge in [0.25, 0.3) is 0 Å². The summed E-state index contributed by atoms with van der Waals surface area (Å²) in [7, 11) is 0. The molecule has 8 nitrogen and oxygen atoms in total. The Morgan fingerprint density at radius 3 is 2.29 bits per heavy atom. The van der Waals surface area contributed by atoms with Crippen molar-refractivity contribution in [3.8, 4) is 0 Å². The predicted molar refractivity (Wildman–Crippen MR) is 118 cm³/mol. The summed E-state index contributed by atoms with van der Waals surface area (Å²) in [5.74, 6) is -0.619. The minimum absolute atomic E-state index is 0.128. The van der Waals surface area contributed by atoms with Gasteiger partial charge in [-0.25, -0.2) is 14.4 Å². The Morgan fingerprint density at radius 1 is 1.06 bits per heavy atom. The van der Waals surface area contributed by atoms with Crippen LogP contribution in [0, 0.1) is 11.8 Å². The molecule has 0 aliphatic heterocycles. The van der Waals surface area contributed by atoms with Crippen LogP contribution in [0.2, 0.25) is 0 Å². The number of carboxylic acid groups (broad SMARTS) is 1. The predicted octanol–water partition coefficient (Wildman–Crippen LogP) is 5.02. The van der Waals surface area contributed by atoms with Crippen molar-refractivity contribution in [1.29, 1.82) is 0 Å². The highest BCUT2D eigenvalue weighted by Crippen LogP contribution is 2.31. The number of nitrogens with one attached hydrogen (secondary N) is 1. The van der Waals surface area contributed by atoms with Gasteiger partial charge in [0.05, 0.1) is 6.61 Å². The van der Waals surface area contributed by atoms with E-state index in [1.807, 2.05) is 0 Å². The van der Waals surface area contributed by atoms with Gasteiger partial charge in [-0.3, -0.25) is 0 Å². The maximum Gasteiger partial charge on any atom is 0.508 e. The molecule has 0 bridgehead atoms. The zero-order valence-electron chi connectivity index (χ0n) is 18.7. The highest BCUT2D eigenvalue weighted by atomic mass is 79.9. The summed E-state index contributed by atoms with van der Waals surface area (Å²) in [6.45, 7) is 5.55. The number of carboxylic acids is 1. The second-order valence-electron chi connectivity index (χ2n) is 9.65. The van der Waals surface area contributed by atoms with Crippen molar-refractivity contribution in [2.75, 3.05) is 6.61 Å². The van der Waals surface area contributed by atoms with Crippen molar-refractivity contribution in [3.05, 3.63) is 0 Å². The minimum atomic E-state index is -1.08. The first-order valence-electron chi connectivity index (χ1n) is 11.2. The Kier molecular flexibility index (Phi) is 9.90. The van der Waals surface area contributed by atoms with Gasteiger partial charge in [0, 0.05) is 10.7 Å². The lowest BCUT2D eigenvalue weighted by Crippen LogP contribution is -2.44. The standard InChI is InChI=1S/C22H36BrNO7/c1-22(2,3)31-20(27)24-18(19(25)26)12-14-8-10-16(11-9-14)30-21(28)29-13-15-6-4-5-7-17(15)23/h14-18H,4-13H2,1-3H3,(H,24,27)(H,25,26). The van der Waals surface area contributed by atoms with Gasteiger partial charge < -0.3 is 24.6 Å². The largest absolute Gasteiger partial charge is 0.508 e. The fraction of sp³-hybridized carbons (Fsp3) is 0.864. The summed E-state index contributed by atoms with van der Waals surface area (Å²) < 4.78 is 15.9. The highest BCUT2D eigenvalue weighted by Gasteiger charge is 2.31. The van der Waals surface area contributed by atoms with Gasteiger partial charge in [-0.15, -0.1) is 0 Å². The second kappa shape index (κ2) is 11.9. The molecule has 2 rings (SSSR count). The van der Waals surface area contributed by atoms with Crippen LogP contribution in [0.1, 0.15) is 78.6 Å². The number of halogens is 1. The van der Waals surface area contributed by atoms with E-state index in [4.69, 9.17) is 14.2 Å². The zero-order valence-corrected chi connectivity index (χ0v) is 20.3. The fourth-order valence-electron chi connectivity index (χ4n) is 4.19. The number of hydrogen-bond acceptors (Lipinski definition) is 6. The van der Waals surface area contributed by atoms with Crippen molar-refractivity contribution < 1.29 is 33.7 Å². The SMILES string of the molecule is CC(C)(C)OC(=O)NC(CC1CCC(OC(=O)OCC2CCCCC2Br)CC1)C(=O)O. The van der Waals surface area contributed by atoms with Crippen LogP contribution in [0.4, 0.5) is 9.59 Å². The van der Waals surface area contributed by atoms with Crippen LogP contribution in [0.25, 0.3) is 0 Å². The lowest BCUT2D eigenvalue weighted by Gasteiger charge is -2.30. The van der Waals surface area contributed by atoms with Crippen LogP contribution < -0.4 is 5.32 Å². The Morgan fingerprint density at radius 2 is 1.71 bits per heavy atom. The van der Waals surface area contributed by atoms with Crippen LogP contribution in [0.15, 0.2) is 0 Å². The van der Waals surface area contributed by atoms with Gasteiger partial charge in [0.15, 0.2) is 0 Å². The average molecular weight is 506 g/mol. The molecule has 2 N–H and O–H groups in total. The van der Waals surface area contributed by atoms with E-state index in [0.717, 1.165) is 32.1 Å². The Bertz CT molecular complexity index is 613. The molecule has 0 saturated heterocycles. The van der Waals surface area contributed by atoms with Crippen molar-refractivity contribution in [2.24, 2.45) is 11.8 Å². The lowest BCUT2D eigenvalue weighted by molar-refractivity contribution is -0.140. The van der Waals surface area contributed by atoms with Gasteiger partial charge in [0.1, 0.15) is 17.7 Å². The molecule has 0 aromatic carbocycles. The summed E-state index contributed by atoms with van der Waals surface area (Å²) in [5.41, 5.74) is -0.691. The molecule has 1 amide bonds. The quantitative estimate of drug-likeness (QED) is 0.368. The number of carbonyl (C=O) groups excluding carboxylic acids is 2. The molecule has 3 unspecified atom stereocenters.